The van der Waals surface area contributed by atoms with Crippen LogP contribution in [0.5, 0.6) is 0 Å². The molecule has 0 fully saturated rings. The van der Waals surface area contributed by atoms with Gasteiger partial charge in [-0.15, -0.1) is 0 Å². The quantitative estimate of drug-likeness (QED) is 0.866. The third-order valence-electron chi connectivity index (χ3n) is 3.45. The van der Waals surface area contributed by atoms with Crippen LogP contribution < -0.4 is 5.73 Å². The molecular formula is C13H21N5O2. The number of anilines is 1. The normalized spacial score (nSPS) is 16.2. The first-order chi connectivity index (χ1) is 9.58. The van der Waals surface area contributed by atoms with Crippen LogP contribution in [0.3, 0.4) is 0 Å². The molecule has 2 aromatic heterocycles. The van der Waals surface area contributed by atoms with Crippen molar-refractivity contribution in [1.29, 1.82) is 0 Å². The Hall–Kier alpha value is -1.73. The molecule has 0 saturated heterocycles. The molecule has 0 radical (unpaired) electrons. The lowest BCUT2D eigenvalue weighted by molar-refractivity contribution is -0.103. The van der Waals surface area contributed by atoms with E-state index in [9.17, 15) is 0 Å². The van der Waals surface area contributed by atoms with Crippen molar-refractivity contribution >= 4 is 17.0 Å². The highest BCUT2D eigenvalue weighted by Gasteiger charge is 2.21. The van der Waals surface area contributed by atoms with Gasteiger partial charge >= 0.3 is 0 Å². The van der Waals surface area contributed by atoms with Gasteiger partial charge in [0.2, 0.25) is 0 Å². The van der Waals surface area contributed by atoms with Gasteiger partial charge in [-0.3, -0.25) is 4.57 Å². The molecule has 0 aliphatic heterocycles. The van der Waals surface area contributed by atoms with Crippen LogP contribution >= 0.6 is 0 Å². The molecule has 2 N–H and O–H groups in total. The molecule has 0 aliphatic carbocycles. The van der Waals surface area contributed by atoms with Gasteiger partial charge in [0, 0.05) is 7.11 Å². The zero-order chi connectivity index (χ0) is 14.7. The zero-order valence-electron chi connectivity index (χ0n) is 12.3. The highest BCUT2D eigenvalue weighted by Crippen LogP contribution is 2.22. The monoisotopic (exact) mass is 279 g/mol. The Bertz CT molecular complexity index is 571. The molecule has 20 heavy (non-hydrogen) atoms. The van der Waals surface area contributed by atoms with Crippen LogP contribution in [0.15, 0.2) is 12.7 Å². The Morgan fingerprint density at radius 2 is 2.05 bits per heavy atom. The molecule has 2 rings (SSSR count). The fourth-order valence-corrected chi connectivity index (χ4v) is 2.15. The fourth-order valence-electron chi connectivity index (χ4n) is 2.15. The summed E-state index contributed by atoms with van der Waals surface area (Å²) >= 11 is 0. The maximum Gasteiger partial charge on any atom is 0.167 e. The molecule has 0 spiro atoms. The molecule has 0 amide bonds. The van der Waals surface area contributed by atoms with Crippen LogP contribution in [0.2, 0.25) is 0 Å². The second-order valence-corrected chi connectivity index (χ2v) is 4.71. The van der Waals surface area contributed by atoms with E-state index in [1.54, 1.807) is 13.4 Å². The van der Waals surface area contributed by atoms with Gasteiger partial charge in [-0.1, -0.05) is 6.92 Å². The number of aromatic nitrogens is 4. The third-order valence-corrected chi connectivity index (χ3v) is 3.45. The zero-order valence-corrected chi connectivity index (χ0v) is 12.3. The summed E-state index contributed by atoms with van der Waals surface area (Å²) in [5.74, 6) is 0.373. The number of ether oxygens (including phenoxy) is 2. The minimum absolute atomic E-state index is 0.00614. The first kappa shape index (κ1) is 14.7. The summed E-state index contributed by atoms with van der Waals surface area (Å²) in [5.41, 5.74) is 7.04. The van der Waals surface area contributed by atoms with Crippen molar-refractivity contribution in [2.75, 3.05) is 12.8 Å². The molecule has 7 heteroatoms. The second-order valence-electron chi connectivity index (χ2n) is 4.71. The lowest BCUT2D eigenvalue weighted by Gasteiger charge is -2.26. The molecule has 2 unspecified atom stereocenters. The second kappa shape index (κ2) is 6.15. The number of hydrogen-bond acceptors (Lipinski definition) is 6. The molecule has 0 bridgehead atoms. The first-order valence-corrected chi connectivity index (χ1v) is 6.69. The van der Waals surface area contributed by atoms with Gasteiger partial charge in [0.1, 0.15) is 18.1 Å². The van der Waals surface area contributed by atoms with E-state index in [0.29, 0.717) is 17.0 Å². The molecule has 0 saturated carbocycles. The van der Waals surface area contributed by atoms with Crippen LogP contribution in [0.4, 0.5) is 5.82 Å². The topological polar surface area (TPSA) is 88.1 Å². The number of rotatable bonds is 6. The maximum absolute atomic E-state index is 6.04. The Kier molecular flexibility index (Phi) is 4.51. The van der Waals surface area contributed by atoms with Crippen molar-refractivity contribution in [1.82, 2.24) is 19.5 Å². The van der Waals surface area contributed by atoms with Crippen molar-refractivity contribution in [2.24, 2.45) is 0 Å². The lowest BCUT2D eigenvalue weighted by atomic mass is 10.2. The summed E-state index contributed by atoms with van der Waals surface area (Å²) in [7, 11) is 1.68. The van der Waals surface area contributed by atoms with E-state index in [4.69, 9.17) is 15.2 Å². The first-order valence-electron chi connectivity index (χ1n) is 6.69. The van der Waals surface area contributed by atoms with Crippen LogP contribution in [0.25, 0.3) is 11.2 Å². The van der Waals surface area contributed by atoms with Gasteiger partial charge in [-0.05, 0) is 20.3 Å². The van der Waals surface area contributed by atoms with Gasteiger partial charge in [0.05, 0.1) is 18.5 Å². The summed E-state index contributed by atoms with van der Waals surface area (Å²) in [6.45, 7) is 6.01. The number of hydrogen-bond donors (Lipinski definition) is 1. The number of imidazole rings is 1. The Balaban J connectivity index is 2.23. The van der Waals surface area contributed by atoms with Crippen molar-refractivity contribution in [3.8, 4) is 0 Å². The van der Waals surface area contributed by atoms with Crippen molar-refractivity contribution < 1.29 is 9.47 Å². The number of nitrogens with two attached hydrogens (primary N) is 1. The number of methoxy groups -OCH3 is 1. The molecule has 110 valence electrons. The lowest BCUT2D eigenvalue weighted by Crippen LogP contribution is -2.30. The number of nitrogen functional groups attached to an aromatic ring is 1. The van der Waals surface area contributed by atoms with Crippen molar-refractivity contribution in [3.63, 3.8) is 0 Å². The molecule has 7 nitrogen and oxygen atoms in total. The van der Waals surface area contributed by atoms with Crippen LogP contribution in [-0.2, 0) is 9.47 Å². The fraction of sp³-hybridized carbons (Fsp3) is 0.615. The minimum Gasteiger partial charge on any atom is -0.382 e. The predicted octanol–water partition coefficient (Wildman–Crippen LogP) is 1.76. The van der Waals surface area contributed by atoms with Gasteiger partial charge < -0.3 is 15.2 Å². The summed E-state index contributed by atoms with van der Waals surface area (Å²) in [4.78, 5) is 12.4. The smallest absolute Gasteiger partial charge is 0.167 e. The minimum atomic E-state index is -0.211. The largest absolute Gasteiger partial charge is 0.382 e. The molecular weight excluding hydrogens is 258 g/mol. The summed E-state index contributed by atoms with van der Waals surface area (Å²) in [6.07, 6.45) is 3.78. The summed E-state index contributed by atoms with van der Waals surface area (Å²) < 4.78 is 13.2. The van der Waals surface area contributed by atoms with Crippen molar-refractivity contribution in [3.05, 3.63) is 12.7 Å². The van der Waals surface area contributed by atoms with E-state index >= 15 is 0 Å². The molecule has 0 aliphatic rings. The number of nitrogens with zero attached hydrogens (tertiary/aromatic N) is 4. The van der Waals surface area contributed by atoms with E-state index < -0.39 is 0 Å². The highest BCUT2D eigenvalue weighted by molar-refractivity contribution is 5.81. The highest BCUT2D eigenvalue weighted by atomic mass is 16.5. The molecule has 3 atom stereocenters. The van der Waals surface area contributed by atoms with Crippen molar-refractivity contribution in [2.45, 2.75) is 45.6 Å². The molecule has 0 aromatic carbocycles. The van der Waals surface area contributed by atoms with Gasteiger partial charge in [-0.2, -0.15) is 0 Å². The van der Waals surface area contributed by atoms with E-state index in [2.05, 4.69) is 21.9 Å². The third kappa shape index (κ3) is 2.73. The average molecular weight is 279 g/mol. The van der Waals surface area contributed by atoms with Crippen LogP contribution in [-0.4, -0.2) is 38.8 Å². The SMILES string of the molecule is CC[C@H](OC(C)n1cnc2c(N)ncnc21)C(C)OC. The van der Waals surface area contributed by atoms with Gasteiger partial charge in [-0.25, -0.2) is 15.0 Å². The van der Waals surface area contributed by atoms with Crippen LogP contribution in [0.1, 0.15) is 33.4 Å². The van der Waals surface area contributed by atoms with E-state index in [0.717, 1.165) is 6.42 Å². The van der Waals surface area contributed by atoms with E-state index in [1.165, 1.54) is 6.33 Å². The standard InChI is InChI=1S/C13H21N5O2/c1-5-10(8(2)19-4)20-9(3)18-7-17-11-12(14)15-6-16-13(11)18/h6-10H,5H2,1-4H3,(H2,14,15,16)/t8?,9?,10-/m0/s1. The van der Waals surface area contributed by atoms with Gasteiger partial charge in [0.15, 0.2) is 11.5 Å². The average Bonchev–Trinajstić information content (AvgIpc) is 2.89. The van der Waals surface area contributed by atoms with E-state index in [-0.39, 0.29) is 18.4 Å². The predicted molar refractivity (Wildman–Crippen MR) is 76.1 cm³/mol. The Morgan fingerprint density at radius 3 is 2.70 bits per heavy atom. The Morgan fingerprint density at radius 1 is 1.30 bits per heavy atom. The number of fused-ring (bicyclic) bond motifs is 1. The molecule has 2 heterocycles. The summed E-state index contributed by atoms with van der Waals surface area (Å²) in [6, 6.07) is 0. The van der Waals surface area contributed by atoms with Crippen LogP contribution in [0, 0.1) is 0 Å². The van der Waals surface area contributed by atoms with Gasteiger partial charge in [0.25, 0.3) is 0 Å². The molecule has 2 aromatic rings. The van der Waals surface area contributed by atoms with E-state index in [1.807, 2.05) is 18.4 Å². The maximum atomic E-state index is 6.04. The summed E-state index contributed by atoms with van der Waals surface area (Å²) in [5, 5.41) is 0. The Labute approximate surface area is 118 Å².